The van der Waals surface area contributed by atoms with Crippen molar-refractivity contribution in [3.63, 3.8) is 0 Å². The molecule has 0 fully saturated rings. The summed E-state index contributed by atoms with van der Waals surface area (Å²) in [4.78, 5) is 0. The number of aliphatic hydroxyl groups is 1. The van der Waals surface area contributed by atoms with Crippen molar-refractivity contribution >= 4 is 15.9 Å². The summed E-state index contributed by atoms with van der Waals surface area (Å²) in [6.45, 7) is 3.55. The van der Waals surface area contributed by atoms with Crippen LogP contribution in [0, 0.1) is 12.7 Å². The third-order valence-electron chi connectivity index (χ3n) is 2.75. The molecule has 2 rings (SSSR count). The van der Waals surface area contributed by atoms with Crippen LogP contribution in [-0.2, 0) is 0 Å². The molecule has 2 aromatic rings. The fraction of sp³-hybridized carbons (Fsp3) is 0.200. The molecule has 0 bridgehead atoms. The number of aliphatic hydroxyl groups excluding tert-OH is 1. The second kappa shape index (κ2) is 5.72. The van der Waals surface area contributed by atoms with Gasteiger partial charge in [-0.2, -0.15) is 0 Å². The maximum absolute atomic E-state index is 13.9. The lowest BCUT2D eigenvalue weighted by molar-refractivity contribution is 0.198. The van der Waals surface area contributed by atoms with Crippen LogP contribution < -0.4 is 4.74 Å². The lowest BCUT2D eigenvalue weighted by Crippen LogP contribution is -1.95. The summed E-state index contributed by atoms with van der Waals surface area (Å²) in [6.07, 6.45) is -0.699. The van der Waals surface area contributed by atoms with Crippen molar-refractivity contribution in [3.05, 3.63) is 57.8 Å². The molecule has 100 valence electrons. The van der Waals surface area contributed by atoms with E-state index in [1.165, 1.54) is 12.1 Å². The number of hydrogen-bond acceptors (Lipinski definition) is 2. The smallest absolute Gasteiger partial charge is 0.166 e. The molecule has 0 amide bonds. The zero-order valence-corrected chi connectivity index (χ0v) is 12.2. The molecule has 0 aliphatic rings. The van der Waals surface area contributed by atoms with E-state index in [1.807, 2.05) is 19.1 Å². The van der Waals surface area contributed by atoms with E-state index in [-0.39, 0.29) is 5.75 Å². The second-order valence-corrected chi connectivity index (χ2v) is 5.26. The first kappa shape index (κ1) is 14.0. The predicted molar refractivity (Wildman–Crippen MR) is 76.0 cm³/mol. The number of halogens is 2. The van der Waals surface area contributed by atoms with Crippen LogP contribution in [0.25, 0.3) is 0 Å². The monoisotopic (exact) mass is 324 g/mol. The number of benzene rings is 2. The van der Waals surface area contributed by atoms with Crippen molar-refractivity contribution in [1.82, 2.24) is 0 Å². The van der Waals surface area contributed by atoms with Gasteiger partial charge in [0, 0.05) is 0 Å². The molecule has 1 atom stereocenters. The largest absolute Gasteiger partial charge is 0.453 e. The van der Waals surface area contributed by atoms with E-state index in [0.29, 0.717) is 11.3 Å². The lowest BCUT2D eigenvalue weighted by atomic mass is 10.1. The first-order chi connectivity index (χ1) is 8.97. The molecule has 0 aromatic heterocycles. The summed E-state index contributed by atoms with van der Waals surface area (Å²) in [6, 6.07) is 10.0. The van der Waals surface area contributed by atoms with Crippen LogP contribution >= 0.6 is 15.9 Å². The average molecular weight is 325 g/mol. The lowest BCUT2D eigenvalue weighted by Gasteiger charge is -2.11. The molecular weight excluding hydrogens is 311 g/mol. The summed E-state index contributed by atoms with van der Waals surface area (Å²) in [5, 5.41) is 9.39. The normalized spacial score (nSPS) is 12.3. The minimum absolute atomic E-state index is 0.133. The van der Waals surface area contributed by atoms with Gasteiger partial charge in [0.2, 0.25) is 0 Å². The van der Waals surface area contributed by atoms with Crippen LogP contribution in [-0.4, -0.2) is 5.11 Å². The Balaban J connectivity index is 2.28. The highest BCUT2D eigenvalue weighted by Gasteiger charge is 2.10. The molecular formula is C15H14BrFO2. The van der Waals surface area contributed by atoms with Gasteiger partial charge in [-0.1, -0.05) is 12.1 Å². The van der Waals surface area contributed by atoms with Gasteiger partial charge in [0.1, 0.15) is 5.75 Å². The molecule has 0 saturated heterocycles. The van der Waals surface area contributed by atoms with Gasteiger partial charge < -0.3 is 9.84 Å². The summed E-state index contributed by atoms with van der Waals surface area (Å²) >= 11 is 3.38. The van der Waals surface area contributed by atoms with E-state index in [0.717, 1.165) is 10.0 Å². The van der Waals surface area contributed by atoms with Crippen molar-refractivity contribution in [2.75, 3.05) is 0 Å². The van der Waals surface area contributed by atoms with E-state index >= 15 is 0 Å². The fourth-order valence-electron chi connectivity index (χ4n) is 1.67. The topological polar surface area (TPSA) is 29.5 Å². The zero-order valence-electron chi connectivity index (χ0n) is 10.7. The van der Waals surface area contributed by atoms with Crippen LogP contribution in [0.15, 0.2) is 40.9 Å². The van der Waals surface area contributed by atoms with Gasteiger partial charge in [0.05, 0.1) is 10.6 Å². The Morgan fingerprint density at radius 3 is 2.42 bits per heavy atom. The quantitative estimate of drug-likeness (QED) is 0.883. The van der Waals surface area contributed by atoms with Gasteiger partial charge in [0.15, 0.2) is 11.6 Å². The van der Waals surface area contributed by atoms with Gasteiger partial charge >= 0.3 is 0 Å². The minimum atomic E-state index is -0.699. The highest BCUT2D eigenvalue weighted by Crippen LogP contribution is 2.32. The molecule has 4 heteroatoms. The molecule has 0 aliphatic heterocycles. The van der Waals surface area contributed by atoms with Crippen LogP contribution in [0.3, 0.4) is 0 Å². The molecule has 2 aromatic carbocycles. The Hall–Kier alpha value is -1.39. The predicted octanol–water partition coefficient (Wildman–Crippen LogP) is 4.74. The highest BCUT2D eigenvalue weighted by atomic mass is 79.9. The van der Waals surface area contributed by atoms with Crippen LogP contribution in [0.5, 0.6) is 11.5 Å². The molecule has 0 radical (unpaired) electrons. The maximum Gasteiger partial charge on any atom is 0.166 e. The van der Waals surface area contributed by atoms with E-state index in [4.69, 9.17) is 4.74 Å². The van der Waals surface area contributed by atoms with Crippen molar-refractivity contribution in [3.8, 4) is 11.5 Å². The zero-order chi connectivity index (χ0) is 14.0. The molecule has 2 nitrogen and oxygen atoms in total. The molecule has 0 spiro atoms. The summed E-state index contributed by atoms with van der Waals surface area (Å²) < 4.78 is 20.2. The van der Waals surface area contributed by atoms with Gasteiger partial charge in [-0.25, -0.2) is 4.39 Å². The number of hydrogen-bond donors (Lipinski definition) is 1. The molecule has 0 heterocycles. The average Bonchev–Trinajstić information content (AvgIpc) is 2.34. The minimum Gasteiger partial charge on any atom is -0.453 e. The van der Waals surface area contributed by atoms with Crippen molar-refractivity contribution in [2.24, 2.45) is 0 Å². The van der Waals surface area contributed by atoms with Crippen molar-refractivity contribution in [2.45, 2.75) is 20.0 Å². The Bertz CT molecular complexity index is 597. The number of ether oxygens (including phenoxy) is 1. The van der Waals surface area contributed by atoms with Gasteiger partial charge in [-0.15, -0.1) is 0 Å². The van der Waals surface area contributed by atoms with Crippen LogP contribution in [0.1, 0.15) is 24.2 Å². The maximum atomic E-state index is 13.9. The third-order valence-corrected chi connectivity index (χ3v) is 3.37. The molecule has 1 N–H and O–H groups in total. The van der Waals surface area contributed by atoms with Crippen LogP contribution in [0.4, 0.5) is 4.39 Å². The Kier molecular flexibility index (Phi) is 4.22. The first-order valence-electron chi connectivity index (χ1n) is 5.89. The highest BCUT2D eigenvalue weighted by molar-refractivity contribution is 9.10. The standard InChI is InChI=1S/C15H14BrFO2/c1-9-3-5-14(12(16)7-9)19-15-6-4-11(10(2)18)8-13(15)17/h3-8,10,18H,1-2H3. The van der Waals surface area contributed by atoms with E-state index in [1.54, 1.807) is 19.1 Å². The summed E-state index contributed by atoms with van der Waals surface area (Å²) in [5.74, 6) is 0.189. The summed E-state index contributed by atoms with van der Waals surface area (Å²) in [5.41, 5.74) is 1.61. The second-order valence-electron chi connectivity index (χ2n) is 4.40. The van der Waals surface area contributed by atoms with Crippen molar-refractivity contribution in [1.29, 1.82) is 0 Å². The first-order valence-corrected chi connectivity index (χ1v) is 6.68. The molecule has 19 heavy (non-hydrogen) atoms. The Morgan fingerprint density at radius 1 is 1.16 bits per heavy atom. The Morgan fingerprint density at radius 2 is 1.84 bits per heavy atom. The van der Waals surface area contributed by atoms with E-state index in [2.05, 4.69) is 15.9 Å². The van der Waals surface area contributed by atoms with Gasteiger partial charge in [-0.3, -0.25) is 0 Å². The Labute approximate surface area is 120 Å². The summed E-state index contributed by atoms with van der Waals surface area (Å²) in [7, 11) is 0. The fourth-order valence-corrected chi connectivity index (χ4v) is 2.24. The SMILES string of the molecule is Cc1ccc(Oc2ccc(C(C)O)cc2F)c(Br)c1. The molecule has 0 saturated carbocycles. The van der Waals surface area contributed by atoms with Gasteiger partial charge in [-0.05, 0) is 65.2 Å². The van der Waals surface area contributed by atoms with Crippen molar-refractivity contribution < 1.29 is 14.2 Å². The number of rotatable bonds is 3. The van der Waals surface area contributed by atoms with E-state index < -0.39 is 11.9 Å². The third kappa shape index (κ3) is 3.33. The molecule has 1 unspecified atom stereocenters. The van der Waals surface area contributed by atoms with E-state index in [9.17, 15) is 9.50 Å². The molecule has 0 aliphatic carbocycles. The number of aryl methyl sites for hydroxylation is 1. The van der Waals surface area contributed by atoms with Gasteiger partial charge in [0.25, 0.3) is 0 Å². The van der Waals surface area contributed by atoms with Crippen LogP contribution in [0.2, 0.25) is 0 Å².